The van der Waals surface area contributed by atoms with Gasteiger partial charge in [0.05, 0.1) is 0 Å². The standard InChI is InChI=1S/C15H30N2/c1-12-5-7-17(8-6-12)15(11-16)10-14(3,4)9-13(15)2/h12-13H,5-11,16H2,1-4H3. The van der Waals surface area contributed by atoms with Crippen LogP contribution in [0.1, 0.15) is 53.4 Å². The molecule has 17 heavy (non-hydrogen) atoms. The van der Waals surface area contributed by atoms with Gasteiger partial charge < -0.3 is 5.73 Å². The third-order valence-electron chi connectivity index (χ3n) is 5.33. The fraction of sp³-hybridized carbons (Fsp3) is 1.00. The van der Waals surface area contributed by atoms with Crippen molar-refractivity contribution in [1.29, 1.82) is 0 Å². The van der Waals surface area contributed by atoms with Gasteiger partial charge in [0.25, 0.3) is 0 Å². The normalized spacial score (nSPS) is 39.7. The van der Waals surface area contributed by atoms with Crippen LogP contribution in [0.3, 0.4) is 0 Å². The van der Waals surface area contributed by atoms with Crippen LogP contribution < -0.4 is 5.73 Å². The number of rotatable bonds is 2. The van der Waals surface area contributed by atoms with Crippen LogP contribution in [0.4, 0.5) is 0 Å². The fourth-order valence-electron chi connectivity index (χ4n) is 4.37. The molecule has 1 saturated heterocycles. The summed E-state index contributed by atoms with van der Waals surface area (Å²) < 4.78 is 0. The highest BCUT2D eigenvalue weighted by Gasteiger charge is 2.51. The molecule has 1 heterocycles. The van der Waals surface area contributed by atoms with E-state index in [1.54, 1.807) is 0 Å². The third-order valence-corrected chi connectivity index (χ3v) is 5.33. The first-order valence-corrected chi connectivity index (χ1v) is 7.35. The van der Waals surface area contributed by atoms with Gasteiger partial charge in [-0.05, 0) is 56.0 Å². The summed E-state index contributed by atoms with van der Waals surface area (Å²) in [5, 5.41) is 0. The van der Waals surface area contributed by atoms with E-state index < -0.39 is 0 Å². The van der Waals surface area contributed by atoms with Crippen molar-refractivity contribution in [3.8, 4) is 0 Å². The second kappa shape index (κ2) is 4.55. The first-order chi connectivity index (χ1) is 7.89. The lowest BCUT2D eigenvalue weighted by Crippen LogP contribution is -2.58. The van der Waals surface area contributed by atoms with Gasteiger partial charge in [-0.1, -0.05) is 27.7 Å². The van der Waals surface area contributed by atoms with E-state index in [4.69, 9.17) is 5.73 Å². The van der Waals surface area contributed by atoms with Crippen molar-refractivity contribution in [1.82, 2.24) is 4.90 Å². The molecular formula is C15H30N2. The van der Waals surface area contributed by atoms with Gasteiger partial charge in [0.15, 0.2) is 0 Å². The Labute approximate surface area is 107 Å². The van der Waals surface area contributed by atoms with E-state index in [-0.39, 0.29) is 0 Å². The maximum Gasteiger partial charge on any atom is 0.0362 e. The Hall–Kier alpha value is -0.0800. The average molecular weight is 238 g/mol. The molecule has 1 aliphatic heterocycles. The Balaban J connectivity index is 2.14. The maximum absolute atomic E-state index is 6.20. The summed E-state index contributed by atoms with van der Waals surface area (Å²) in [6, 6.07) is 0. The molecular weight excluding hydrogens is 208 g/mol. The van der Waals surface area contributed by atoms with E-state index in [0.717, 1.165) is 18.4 Å². The van der Waals surface area contributed by atoms with Gasteiger partial charge in [0.2, 0.25) is 0 Å². The highest BCUT2D eigenvalue weighted by molar-refractivity contribution is 5.06. The molecule has 2 nitrogen and oxygen atoms in total. The molecule has 0 spiro atoms. The minimum Gasteiger partial charge on any atom is -0.329 e. The van der Waals surface area contributed by atoms with Crippen LogP contribution in [0.2, 0.25) is 0 Å². The lowest BCUT2D eigenvalue weighted by Gasteiger charge is -2.47. The van der Waals surface area contributed by atoms with Crippen molar-refractivity contribution < 1.29 is 0 Å². The monoisotopic (exact) mass is 238 g/mol. The third kappa shape index (κ3) is 2.39. The molecule has 1 saturated carbocycles. The maximum atomic E-state index is 6.20. The van der Waals surface area contributed by atoms with Gasteiger partial charge in [0.1, 0.15) is 0 Å². The summed E-state index contributed by atoms with van der Waals surface area (Å²) in [4.78, 5) is 2.73. The molecule has 1 aliphatic carbocycles. The molecule has 0 aromatic heterocycles. The second-order valence-electron chi connectivity index (χ2n) is 7.42. The van der Waals surface area contributed by atoms with Crippen LogP contribution in [0.15, 0.2) is 0 Å². The number of hydrogen-bond acceptors (Lipinski definition) is 2. The van der Waals surface area contributed by atoms with E-state index in [2.05, 4.69) is 32.6 Å². The molecule has 2 N–H and O–H groups in total. The van der Waals surface area contributed by atoms with Crippen molar-refractivity contribution in [2.24, 2.45) is 23.0 Å². The minimum absolute atomic E-state index is 0.295. The van der Waals surface area contributed by atoms with Crippen LogP contribution >= 0.6 is 0 Å². The van der Waals surface area contributed by atoms with Gasteiger partial charge >= 0.3 is 0 Å². The lowest BCUT2D eigenvalue weighted by atomic mass is 9.82. The second-order valence-corrected chi connectivity index (χ2v) is 7.42. The number of piperidine rings is 1. The zero-order chi connectivity index (χ0) is 12.7. The molecule has 2 unspecified atom stereocenters. The van der Waals surface area contributed by atoms with E-state index in [1.807, 2.05) is 0 Å². The Bertz CT molecular complexity index is 266. The van der Waals surface area contributed by atoms with Crippen molar-refractivity contribution in [2.45, 2.75) is 58.9 Å². The van der Waals surface area contributed by atoms with Gasteiger partial charge in [-0.3, -0.25) is 4.90 Å². The lowest BCUT2D eigenvalue weighted by molar-refractivity contribution is 0.0297. The van der Waals surface area contributed by atoms with Crippen LogP contribution in [0, 0.1) is 17.3 Å². The molecule has 2 heteroatoms. The smallest absolute Gasteiger partial charge is 0.0362 e. The topological polar surface area (TPSA) is 29.3 Å². The molecule has 2 fully saturated rings. The Morgan fingerprint density at radius 1 is 1.18 bits per heavy atom. The molecule has 2 atom stereocenters. The van der Waals surface area contributed by atoms with Crippen molar-refractivity contribution in [2.75, 3.05) is 19.6 Å². The van der Waals surface area contributed by atoms with E-state index >= 15 is 0 Å². The number of nitrogens with two attached hydrogens (primary N) is 1. The van der Waals surface area contributed by atoms with Crippen molar-refractivity contribution >= 4 is 0 Å². The Morgan fingerprint density at radius 2 is 1.76 bits per heavy atom. The highest BCUT2D eigenvalue weighted by atomic mass is 15.2. The summed E-state index contributed by atoms with van der Waals surface area (Å²) in [6.07, 6.45) is 5.33. The van der Waals surface area contributed by atoms with Gasteiger partial charge in [-0.2, -0.15) is 0 Å². The zero-order valence-corrected chi connectivity index (χ0v) is 12.1. The molecule has 0 amide bonds. The quantitative estimate of drug-likeness (QED) is 0.801. The summed E-state index contributed by atoms with van der Waals surface area (Å²) in [7, 11) is 0. The number of hydrogen-bond donors (Lipinski definition) is 1. The molecule has 0 radical (unpaired) electrons. The first-order valence-electron chi connectivity index (χ1n) is 7.35. The Kier molecular flexibility index (Phi) is 3.57. The summed E-state index contributed by atoms with van der Waals surface area (Å²) in [5.74, 6) is 1.65. The van der Waals surface area contributed by atoms with Crippen LogP contribution in [-0.2, 0) is 0 Å². The molecule has 0 aromatic rings. The van der Waals surface area contributed by atoms with Gasteiger partial charge in [-0.25, -0.2) is 0 Å². The van der Waals surface area contributed by atoms with Crippen molar-refractivity contribution in [3.05, 3.63) is 0 Å². The largest absolute Gasteiger partial charge is 0.329 e. The zero-order valence-electron chi connectivity index (χ0n) is 12.1. The SMILES string of the molecule is CC1CCN(C2(CN)CC(C)(C)CC2C)CC1. The van der Waals surface area contributed by atoms with E-state index in [1.165, 1.54) is 38.8 Å². The molecule has 2 aliphatic rings. The van der Waals surface area contributed by atoms with Crippen LogP contribution in [-0.4, -0.2) is 30.1 Å². The minimum atomic E-state index is 0.295. The fourth-order valence-corrected chi connectivity index (χ4v) is 4.37. The summed E-state index contributed by atoms with van der Waals surface area (Å²) >= 11 is 0. The van der Waals surface area contributed by atoms with Gasteiger partial charge in [-0.15, -0.1) is 0 Å². The number of nitrogens with zero attached hydrogens (tertiary/aromatic N) is 1. The van der Waals surface area contributed by atoms with Crippen LogP contribution in [0.5, 0.6) is 0 Å². The molecule has 0 aromatic carbocycles. The molecule has 0 bridgehead atoms. The average Bonchev–Trinajstić information content (AvgIpc) is 2.50. The summed E-state index contributed by atoms with van der Waals surface area (Å²) in [5.41, 5.74) is 6.97. The van der Waals surface area contributed by atoms with Crippen molar-refractivity contribution in [3.63, 3.8) is 0 Å². The van der Waals surface area contributed by atoms with Gasteiger partial charge in [0, 0.05) is 12.1 Å². The van der Waals surface area contributed by atoms with Crippen LogP contribution in [0.25, 0.3) is 0 Å². The summed E-state index contributed by atoms with van der Waals surface area (Å²) in [6.45, 7) is 13.0. The van der Waals surface area contributed by atoms with E-state index in [0.29, 0.717) is 11.0 Å². The first kappa shape index (κ1) is 13.4. The molecule has 2 rings (SSSR count). The predicted octanol–water partition coefficient (Wildman–Crippen LogP) is 2.87. The number of likely N-dealkylation sites (tertiary alicyclic amines) is 1. The van der Waals surface area contributed by atoms with E-state index in [9.17, 15) is 0 Å². The predicted molar refractivity (Wildman–Crippen MR) is 73.9 cm³/mol. The Morgan fingerprint density at radius 3 is 2.18 bits per heavy atom. The molecule has 100 valence electrons. The highest BCUT2D eigenvalue weighted by Crippen LogP contribution is 2.50.